The van der Waals surface area contributed by atoms with Gasteiger partial charge in [0, 0.05) is 13.0 Å². The summed E-state index contributed by atoms with van der Waals surface area (Å²) in [5, 5.41) is 0. The van der Waals surface area contributed by atoms with Crippen molar-refractivity contribution in [2.75, 3.05) is 6.54 Å². The molecule has 2 atom stereocenters. The fourth-order valence-electron chi connectivity index (χ4n) is 2.51. The fourth-order valence-corrected chi connectivity index (χ4v) is 3.97. The number of hydrogen-bond acceptors (Lipinski definition) is 2. The molecule has 0 saturated carbocycles. The van der Waals surface area contributed by atoms with Crippen molar-refractivity contribution in [2.24, 2.45) is 5.73 Å². The van der Waals surface area contributed by atoms with Crippen LogP contribution < -0.4 is 5.73 Å². The zero-order valence-electron chi connectivity index (χ0n) is 10.5. The van der Waals surface area contributed by atoms with E-state index in [9.17, 15) is 9.59 Å². The van der Waals surface area contributed by atoms with Crippen molar-refractivity contribution in [3.05, 3.63) is 21.3 Å². The van der Waals surface area contributed by atoms with Crippen LogP contribution in [0, 0.1) is 0 Å². The minimum absolute atomic E-state index is 0.0136. The van der Waals surface area contributed by atoms with Gasteiger partial charge in [-0.05, 0) is 50.4 Å². The molecule has 1 aromatic rings. The summed E-state index contributed by atoms with van der Waals surface area (Å²) in [5.41, 5.74) is 5.36. The molecular weight excluding hydrogens is 378 g/mol. The minimum Gasteiger partial charge on any atom is -0.368 e. The van der Waals surface area contributed by atoms with Crippen molar-refractivity contribution in [3.8, 4) is 0 Å². The second-order valence-corrected chi connectivity index (χ2v) is 6.20. The first-order chi connectivity index (χ1) is 8.95. The van der Waals surface area contributed by atoms with E-state index in [2.05, 4.69) is 31.9 Å². The quantitative estimate of drug-likeness (QED) is 0.851. The van der Waals surface area contributed by atoms with Crippen LogP contribution in [0.4, 0.5) is 0 Å². The topological polar surface area (TPSA) is 68.3 Å². The molecule has 2 heterocycles. The van der Waals surface area contributed by atoms with E-state index in [0.717, 1.165) is 9.21 Å². The van der Waals surface area contributed by atoms with Crippen molar-refractivity contribution < 1.29 is 9.59 Å². The highest BCUT2D eigenvalue weighted by atomic mass is 79.9. The van der Waals surface area contributed by atoms with Gasteiger partial charge in [-0.3, -0.25) is 9.59 Å². The van der Waals surface area contributed by atoms with E-state index in [0.29, 0.717) is 19.4 Å². The SMILES string of the molecule is CC[C@@H](C(N)=O)N1CC(n2c(Br)ccc2Br)CC1=O. The first-order valence-corrected chi connectivity index (χ1v) is 7.65. The number of nitrogens with two attached hydrogens (primary N) is 1. The highest BCUT2D eigenvalue weighted by Gasteiger charge is 2.37. The molecule has 0 aromatic carbocycles. The summed E-state index contributed by atoms with van der Waals surface area (Å²) in [4.78, 5) is 25.1. The van der Waals surface area contributed by atoms with Crippen LogP contribution in [0.1, 0.15) is 25.8 Å². The first kappa shape index (κ1) is 14.6. The number of hydrogen-bond donors (Lipinski definition) is 1. The second kappa shape index (κ2) is 5.66. The monoisotopic (exact) mass is 391 g/mol. The average Bonchev–Trinajstić information content (AvgIpc) is 2.84. The van der Waals surface area contributed by atoms with E-state index >= 15 is 0 Å². The molecule has 0 bridgehead atoms. The largest absolute Gasteiger partial charge is 0.368 e. The zero-order valence-corrected chi connectivity index (χ0v) is 13.6. The van der Waals surface area contributed by atoms with Gasteiger partial charge in [0.15, 0.2) is 0 Å². The smallest absolute Gasteiger partial charge is 0.240 e. The lowest BCUT2D eigenvalue weighted by Gasteiger charge is -2.24. The van der Waals surface area contributed by atoms with Gasteiger partial charge in [0.25, 0.3) is 0 Å². The van der Waals surface area contributed by atoms with Crippen molar-refractivity contribution in [3.63, 3.8) is 0 Å². The molecule has 2 N–H and O–H groups in total. The average molecular weight is 393 g/mol. The molecule has 2 rings (SSSR count). The lowest BCUT2D eigenvalue weighted by molar-refractivity contribution is -0.136. The number of aromatic nitrogens is 1. The van der Waals surface area contributed by atoms with Crippen LogP contribution in [-0.2, 0) is 9.59 Å². The van der Waals surface area contributed by atoms with Gasteiger partial charge in [-0.1, -0.05) is 6.92 Å². The molecule has 104 valence electrons. The summed E-state index contributed by atoms with van der Waals surface area (Å²) in [7, 11) is 0. The molecule has 1 saturated heterocycles. The maximum atomic E-state index is 12.1. The molecule has 1 aliphatic rings. The van der Waals surface area contributed by atoms with Gasteiger partial charge in [0.1, 0.15) is 6.04 Å². The number of amides is 2. The Balaban J connectivity index is 2.22. The summed E-state index contributed by atoms with van der Waals surface area (Å²) >= 11 is 6.92. The predicted molar refractivity (Wildman–Crippen MR) is 78.5 cm³/mol. The highest BCUT2D eigenvalue weighted by molar-refractivity contribution is 9.11. The molecule has 5 nitrogen and oxygen atoms in total. The van der Waals surface area contributed by atoms with Gasteiger partial charge in [-0.2, -0.15) is 0 Å². The van der Waals surface area contributed by atoms with Crippen molar-refractivity contribution in [2.45, 2.75) is 31.8 Å². The van der Waals surface area contributed by atoms with Crippen molar-refractivity contribution >= 4 is 43.7 Å². The summed E-state index contributed by atoms with van der Waals surface area (Å²) in [6.07, 6.45) is 0.928. The Labute approximate surface area is 128 Å². The van der Waals surface area contributed by atoms with E-state index in [-0.39, 0.29) is 11.9 Å². The third-order valence-corrected chi connectivity index (χ3v) is 4.71. The Kier molecular flexibility index (Phi) is 4.35. The lowest BCUT2D eigenvalue weighted by Crippen LogP contribution is -2.45. The first-order valence-electron chi connectivity index (χ1n) is 6.06. The number of nitrogens with zero attached hydrogens (tertiary/aromatic N) is 2. The maximum absolute atomic E-state index is 12.1. The van der Waals surface area contributed by atoms with Gasteiger partial charge >= 0.3 is 0 Å². The van der Waals surface area contributed by atoms with Gasteiger partial charge in [-0.15, -0.1) is 0 Å². The van der Waals surface area contributed by atoms with E-state index in [1.54, 1.807) is 4.90 Å². The third kappa shape index (κ3) is 2.72. The lowest BCUT2D eigenvalue weighted by atomic mass is 10.2. The molecule has 1 aromatic heterocycles. The molecule has 0 aliphatic carbocycles. The molecule has 0 radical (unpaired) electrons. The summed E-state index contributed by atoms with van der Waals surface area (Å²) in [5.74, 6) is -0.467. The predicted octanol–water partition coefficient (Wildman–Crippen LogP) is 2.05. The number of halogens is 2. The fraction of sp³-hybridized carbons (Fsp3) is 0.500. The van der Waals surface area contributed by atoms with Crippen molar-refractivity contribution in [1.82, 2.24) is 9.47 Å². The Morgan fingerprint density at radius 1 is 1.47 bits per heavy atom. The second-order valence-electron chi connectivity index (χ2n) is 4.58. The van der Waals surface area contributed by atoms with Crippen LogP contribution >= 0.6 is 31.9 Å². The molecule has 1 fully saturated rings. The molecule has 7 heteroatoms. The van der Waals surface area contributed by atoms with Gasteiger partial charge in [0.2, 0.25) is 11.8 Å². The molecular formula is C12H15Br2N3O2. The Bertz CT molecular complexity index is 496. The zero-order chi connectivity index (χ0) is 14.2. The number of primary amides is 1. The molecule has 19 heavy (non-hydrogen) atoms. The van der Waals surface area contributed by atoms with Crippen molar-refractivity contribution in [1.29, 1.82) is 0 Å². The van der Waals surface area contributed by atoms with E-state index in [4.69, 9.17) is 5.73 Å². The van der Waals surface area contributed by atoms with Gasteiger partial charge < -0.3 is 15.2 Å². The molecule has 2 amide bonds. The van der Waals surface area contributed by atoms with Gasteiger partial charge in [-0.25, -0.2) is 0 Å². The van der Waals surface area contributed by atoms with Crippen LogP contribution in [0.15, 0.2) is 21.3 Å². The normalized spacial score (nSPS) is 20.9. The number of likely N-dealkylation sites (tertiary alicyclic amines) is 1. The third-order valence-electron chi connectivity index (χ3n) is 3.41. The van der Waals surface area contributed by atoms with Crippen LogP contribution in [0.5, 0.6) is 0 Å². The summed E-state index contributed by atoms with van der Waals surface area (Å²) in [6, 6.07) is 3.34. The van der Waals surface area contributed by atoms with Crippen LogP contribution in [0.3, 0.4) is 0 Å². The Hall–Kier alpha value is -0.820. The number of rotatable bonds is 4. The van der Waals surface area contributed by atoms with E-state index < -0.39 is 11.9 Å². The Morgan fingerprint density at radius 2 is 2.05 bits per heavy atom. The number of carbonyl (C=O) groups is 2. The van der Waals surface area contributed by atoms with E-state index in [1.807, 2.05) is 23.6 Å². The summed E-state index contributed by atoms with van der Waals surface area (Å²) in [6.45, 7) is 2.36. The standard InChI is InChI=1S/C12H15Br2N3O2/c1-2-8(12(15)19)16-6-7(5-11(16)18)17-9(13)3-4-10(17)14/h3-4,7-8H,2,5-6H2,1H3,(H2,15,19)/t7?,8-/m0/s1. The molecule has 1 unspecified atom stereocenters. The van der Waals surface area contributed by atoms with E-state index in [1.165, 1.54) is 0 Å². The molecule has 1 aliphatic heterocycles. The van der Waals surface area contributed by atoms with Gasteiger partial charge in [0.05, 0.1) is 15.2 Å². The molecule has 0 spiro atoms. The van der Waals surface area contributed by atoms with Crippen LogP contribution in [-0.4, -0.2) is 33.9 Å². The number of carbonyl (C=O) groups excluding carboxylic acids is 2. The Morgan fingerprint density at radius 3 is 2.53 bits per heavy atom. The highest BCUT2D eigenvalue weighted by Crippen LogP contribution is 2.32. The van der Waals surface area contributed by atoms with Crippen LogP contribution in [0.2, 0.25) is 0 Å². The maximum Gasteiger partial charge on any atom is 0.240 e. The summed E-state index contributed by atoms with van der Waals surface area (Å²) < 4.78 is 3.82. The van der Waals surface area contributed by atoms with Crippen LogP contribution in [0.25, 0.3) is 0 Å². The minimum atomic E-state index is -0.509.